The maximum Gasteiger partial charge on any atom is 0.261 e. The van der Waals surface area contributed by atoms with E-state index in [4.69, 9.17) is 9.47 Å². The summed E-state index contributed by atoms with van der Waals surface area (Å²) in [6.07, 6.45) is 3.78. The number of rotatable bonds is 6. The van der Waals surface area contributed by atoms with E-state index in [0.717, 1.165) is 5.69 Å². The van der Waals surface area contributed by atoms with Crippen molar-refractivity contribution in [2.45, 2.75) is 6.92 Å². The van der Waals surface area contributed by atoms with E-state index in [9.17, 15) is 4.79 Å². The smallest absolute Gasteiger partial charge is 0.261 e. The minimum absolute atomic E-state index is 0.287. The van der Waals surface area contributed by atoms with E-state index in [1.165, 1.54) is 0 Å². The molecular weight excluding hydrogens is 380 g/mol. The number of ether oxygens (including phenoxy) is 2. The zero-order valence-electron chi connectivity index (χ0n) is 17.0. The second-order valence-electron chi connectivity index (χ2n) is 6.64. The van der Waals surface area contributed by atoms with Crippen molar-refractivity contribution in [1.29, 1.82) is 0 Å². The predicted octanol–water partition coefficient (Wildman–Crippen LogP) is 4.24. The summed E-state index contributed by atoms with van der Waals surface area (Å²) >= 11 is 0. The number of nitrogens with zero attached hydrogens (tertiary/aromatic N) is 3. The fourth-order valence-corrected chi connectivity index (χ4v) is 3.34. The summed E-state index contributed by atoms with van der Waals surface area (Å²) in [5.74, 6) is 1.53. The van der Waals surface area contributed by atoms with Gasteiger partial charge in [0.25, 0.3) is 5.91 Å². The van der Waals surface area contributed by atoms with Crippen molar-refractivity contribution in [3.8, 4) is 23.0 Å². The van der Waals surface area contributed by atoms with Crippen LogP contribution in [-0.4, -0.2) is 34.5 Å². The minimum atomic E-state index is -0.287. The maximum absolute atomic E-state index is 13.4. The maximum atomic E-state index is 13.4. The molecule has 0 aliphatic rings. The Kier molecular flexibility index (Phi) is 5.26. The van der Waals surface area contributed by atoms with Gasteiger partial charge in [0.15, 0.2) is 5.82 Å². The highest BCUT2D eigenvalue weighted by atomic mass is 16.5. The number of carbonyl (C=O) groups excluding carboxylic acids is 1. The molecule has 4 aromatic rings. The molecule has 0 aliphatic carbocycles. The Bertz CT molecular complexity index is 1160. The summed E-state index contributed by atoms with van der Waals surface area (Å²) in [7, 11) is 3.13. The molecule has 0 atom stereocenters. The Morgan fingerprint density at radius 2 is 1.70 bits per heavy atom. The zero-order chi connectivity index (χ0) is 21.1. The van der Waals surface area contributed by atoms with Gasteiger partial charge in [0.2, 0.25) is 0 Å². The Morgan fingerprint density at radius 3 is 2.37 bits per heavy atom. The molecule has 0 bridgehead atoms. The Balaban J connectivity index is 1.82. The number of amides is 1. The van der Waals surface area contributed by atoms with E-state index in [-0.39, 0.29) is 5.91 Å². The van der Waals surface area contributed by atoms with Crippen LogP contribution in [0.4, 0.5) is 5.69 Å². The fourth-order valence-electron chi connectivity index (χ4n) is 3.34. The molecular formula is C23H22N4O3. The van der Waals surface area contributed by atoms with Crippen LogP contribution in [0.15, 0.2) is 73.1 Å². The van der Waals surface area contributed by atoms with Crippen LogP contribution >= 0.6 is 0 Å². The first kappa shape index (κ1) is 19.3. The number of benzene rings is 2. The average molecular weight is 402 g/mol. The van der Waals surface area contributed by atoms with E-state index in [1.807, 2.05) is 66.3 Å². The van der Waals surface area contributed by atoms with Crippen LogP contribution in [0.1, 0.15) is 16.1 Å². The third-order valence-electron chi connectivity index (χ3n) is 4.77. The standard InChI is InChI=1S/C23H22N4O3/c1-16-21(22(28)24-19-15-18(29-2)11-12-20(19)30-3)23(26-13-7-8-14-26)27(25-16)17-9-5-4-6-10-17/h4-15H,1-3H3,(H,24,28). The molecule has 30 heavy (non-hydrogen) atoms. The number of anilines is 1. The van der Waals surface area contributed by atoms with Crippen LogP contribution in [0.3, 0.4) is 0 Å². The molecule has 2 aromatic heterocycles. The summed E-state index contributed by atoms with van der Waals surface area (Å²) < 4.78 is 14.3. The van der Waals surface area contributed by atoms with E-state index in [0.29, 0.717) is 34.3 Å². The number of aromatic nitrogens is 3. The molecule has 7 heteroatoms. The van der Waals surface area contributed by atoms with Crippen molar-refractivity contribution in [3.05, 3.63) is 84.3 Å². The summed E-state index contributed by atoms with van der Waals surface area (Å²) in [4.78, 5) is 13.4. The summed E-state index contributed by atoms with van der Waals surface area (Å²) in [6.45, 7) is 1.82. The van der Waals surface area contributed by atoms with Crippen LogP contribution in [0.5, 0.6) is 11.5 Å². The van der Waals surface area contributed by atoms with Gasteiger partial charge in [-0.15, -0.1) is 0 Å². The van der Waals surface area contributed by atoms with Gasteiger partial charge in [0.05, 0.1) is 31.3 Å². The van der Waals surface area contributed by atoms with Gasteiger partial charge in [0.1, 0.15) is 17.1 Å². The number of hydrogen-bond acceptors (Lipinski definition) is 4. The van der Waals surface area contributed by atoms with Crippen molar-refractivity contribution in [2.24, 2.45) is 0 Å². The zero-order valence-corrected chi connectivity index (χ0v) is 17.0. The van der Waals surface area contributed by atoms with Crippen LogP contribution in [0.2, 0.25) is 0 Å². The monoisotopic (exact) mass is 402 g/mol. The normalized spacial score (nSPS) is 10.6. The Hall–Kier alpha value is -4.00. The first-order valence-electron chi connectivity index (χ1n) is 9.44. The van der Waals surface area contributed by atoms with Crippen molar-refractivity contribution in [3.63, 3.8) is 0 Å². The number of methoxy groups -OCH3 is 2. The van der Waals surface area contributed by atoms with Crippen molar-refractivity contribution >= 4 is 11.6 Å². The highest BCUT2D eigenvalue weighted by molar-refractivity contribution is 6.08. The SMILES string of the molecule is COc1ccc(OC)c(NC(=O)c2c(C)nn(-c3ccccc3)c2-n2cccc2)c1. The molecule has 0 radical (unpaired) electrons. The fraction of sp³-hybridized carbons (Fsp3) is 0.130. The molecule has 152 valence electrons. The highest BCUT2D eigenvalue weighted by Crippen LogP contribution is 2.31. The van der Waals surface area contributed by atoms with Crippen LogP contribution < -0.4 is 14.8 Å². The highest BCUT2D eigenvalue weighted by Gasteiger charge is 2.24. The lowest BCUT2D eigenvalue weighted by molar-refractivity contribution is 0.102. The Morgan fingerprint density at radius 1 is 0.967 bits per heavy atom. The molecule has 0 saturated carbocycles. The number of para-hydroxylation sites is 1. The third kappa shape index (κ3) is 3.53. The topological polar surface area (TPSA) is 70.3 Å². The first-order chi connectivity index (χ1) is 14.6. The van der Waals surface area contributed by atoms with E-state index in [2.05, 4.69) is 10.4 Å². The van der Waals surface area contributed by atoms with Gasteiger partial charge in [-0.25, -0.2) is 4.68 Å². The molecule has 1 amide bonds. The van der Waals surface area contributed by atoms with Crippen molar-refractivity contribution in [2.75, 3.05) is 19.5 Å². The van der Waals surface area contributed by atoms with Gasteiger partial charge in [-0.2, -0.15) is 5.10 Å². The molecule has 0 aliphatic heterocycles. The average Bonchev–Trinajstić information content (AvgIpc) is 3.41. The van der Waals surface area contributed by atoms with Crippen LogP contribution in [0, 0.1) is 6.92 Å². The molecule has 2 heterocycles. The Labute approximate surface area is 174 Å². The van der Waals surface area contributed by atoms with Gasteiger partial charge in [-0.3, -0.25) is 4.79 Å². The quantitative estimate of drug-likeness (QED) is 0.524. The lowest BCUT2D eigenvalue weighted by Crippen LogP contribution is -2.16. The first-order valence-corrected chi connectivity index (χ1v) is 9.44. The van der Waals surface area contributed by atoms with Gasteiger partial charge >= 0.3 is 0 Å². The summed E-state index contributed by atoms with van der Waals surface area (Å²) in [6, 6.07) is 18.8. The molecule has 7 nitrogen and oxygen atoms in total. The lowest BCUT2D eigenvalue weighted by Gasteiger charge is -2.13. The molecule has 4 rings (SSSR count). The summed E-state index contributed by atoms with van der Waals surface area (Å²) in [5.41, 5.74) is 2.47. The molecule has 0 saturated heterocycles. The van der Waals surface area contributed by atoms with Crippen molar-refractivity contribution in [1.82, 2.24) is 14.3 Å². The number of hydrogen-bond donors (Lipinski definition) is 1. The van der Waals surface area contributed by atoms with E-state index in [1.54, 1.807) is 37.1 Å². The number of nitrogens with one attached hydrogen (secondary N) is 1. The van der Waals surface area contributed by atoms with Gasteiger partial charge in [0, 0.05) is 18.5 Å². The minimum Gasteiger partial charge on any atom is -0.497 e. The number of carbonyl (C=O) groups is 1. The third-order valence-corrected chi connectivity index (χ3v) is 4.77. The lowest BCUT2D eigenvalue weighted by atomic mass is 10.2. The number of aryl methyl sites for hydroxylation is 1. The van der Waals surface area contributed by atoms with Gasteiger partial charge < -0.3 is 19.4 Å². The molecule has 0 fully saturated rings. The van der Waals surface area contributed by atoms with Gasteiger partial charge in [-0.1, -0.05) is 18.2 Å². The second kappa shape index (κ2) is 8.16. The second-order valence-corrected chi connectivity index (χ2v) is 6.64. The largest absolute Gasteiger partial charge is 0.497 e. The summed E-state index contributed by atoms with van der Waals surface area (Å²) in [5, 5.41) is 7.60. The van der Waals surface area contributed by atoms with Crippen LogP contribution in [0.25, 0.3) is 11.5 Å². The molecule has 1 N–H and O–H groups in total. The molecule has 2 aromatic carbocycles. The van der Waals surface area contributed by atoms with Crippen LogP contribution in [-0.2, 0) is 0 Å². The molecule has 0 spiro atoms. The van der Waals surface area contributed by atoms with E-state index >= 15 is 0 Å². The van der Waals surface area contributed by atoms with Crippen molar-refractivity contribution < 1.29 is 14.3 Å². The van der Waals surface area contributed by atoms with E-state index < -0.39 is 0 Å². The predicted molar refractivity (Wildman–Crippen MR) is 115 cm³/mol. The van der Waals surface area contributed by atoms with Gasteiger partial charge in [-0.05, 0) is 43.3 Å². The molecule has 0 unspecified atom stereocenters.